The molecule has 0 radical (unpaired) electrons. The molecule has 0 unspecified atom stereocenters. The van der Waals surface area contributed by atoms with Gasteiger partial charge in [0.05, 0.1) is 0 Å². The van der Waals surface area contributed by atoms with Gasteiger partial charge in [-0.15, -0.1) is 0 Å². The van der Waals surface area contributed by atoms with Crippen LogP contribution in [0.4, 0.5) is 0 Å². The summed E-state index contributed by atoms with van der Waals surface area (Å²) in [6.07, 6.45) is 2.53. The third-order valence-electron chi connectivity index (χ3n) is 2.17. The molecule has 0 aromatic carbocycles. The molecule has 0 spiro atoms. The molecular formula is C9H22O2Si. The highest BCUT2D eigenvalue weighted by Crippen LogP contribution is 2.12. The molecule has 0 atom stereocenters. The van der Waals surface area contributed by atoms with Crippen molar-refractivity contribution >= 4 is 8.80 Å². The fourth-order valence-corrected chi connectivity index (χ4v) is 4.73. The van der Waals surface area contributed by atoms with E-state index in [1.807, 2.05) is 0 Å². The molecule has 0 aliphatic rings. The van der Waals surface area contributed by atoms with Gasteiger partial charge in [-0.2, -0.15) is 0 Å². The Bertz CT molecular complexity index is 88.5. The van der Waals surface area contributed by atoms with Crippen molar-refractivity contribution in [2.24, 2.45) is 0 Å². The highest BCUT2D eigenvalue weighted by atomic mass is 28.3. The van der Waals surface area contributed by atoms with Gasteiger partial charge < -0.3 is 9.47 Å². The normalized spacial score (nSPS) is 11.5. The van der Waals surface area contributed by atoms with E-state index in [9.17, 15) is 0 Å². The van der Waals surface area contributed by atoms with Gasteiger partial charge in [-0.3, -0.25) is 0 Å². The van der Waals surface area contributed by atoms with Gasteiger partial charge in [0.2, 0.25) is 0 Å². The summed E-state index contributed by atoms with van der Waals surface area (Å²) < 4.78 is 10.6. The Morgan fingerprint density at radius 1 is 1.00 bits per heavy atom. The molecule has 2 nitrogen and oxygen atoms in total. The van der Waals surface area contributed by atoms with Crippen LogP contribution in [0.1, 0.15) is 26.7 Å². The number of rotatable bonds is 7. The molecule has 0 N–H and O–H groups in total. The molecule has 3 heteroatoms. The molecule has 0 bridgehead atoms. The van der Waals surface area contributed by atoms with Crippen LogP contribution in [-0.2, 0) is 9.47 Å². The lowest BCUT2D eigenvalue weighted by Gasteiger charge is -2.22. The van der Waals surface area contributed by atoms with Crippen molar-refractivity contribution < 1.29 is 9.47 Å². The van der Waals surface area contributed by atoms with Crippen LogP contribution in [0.3, 0.4) is 0 Å². The lowest BCUT2D eigenvalue weighted by molar-refractivity contribution is -0.0475. The van der Waals surface area contributed by atoms with Gasteiger partial charge in [0.15, 0.2) is 0 Å². The lowest BCUT2D eigenvalue weighted by atomic mass is 10.6. The molecule has 74 valence electrons. The number of hydrogen-bond donors (Lipinski definition) is 0. The van der Waals surface area contributed by atoms with Gasteiger partial charge in [0.1, 0.15) is 14.7 Å². The van der Waals surface area contributed by atoms with Gasteiger partial charge in [0, 0.05) is 14.2 Å². The lowest BCUT2D eigenvalue weighted by Crippen LogP contribution is -2.33. The van der Waals surface area contributed by atoms with Crippen molar-refractivity contribution in [3.63, 3.8) is 0 Å². The minimum atomic E-state index is -0.793. The van der Waals surface area contributed by atoms with E-state index in [4.69, 9.17) is 9.47 Å². The molecule has 0 aliphatic carbocycles. The van der Waals surface area contributed by atoms with Crippen molar-refractivity contribution in [1.82, 2.24) is 0 Å². The highest BCUT2D eigenvalue weighted by Gasteiger charge is 2.20. The van der Waals surface area contributed by atoms with E-state index in [2.05, 4.69) is 13.8 Å². The van der Waals surface area contributed by atoms with Crippen molar-refractivity contribution in [3.8, 4) is 0 Å². The number of hydrogen-bond acceptors (Lipinski definition) is 2. The van der Waals surface area contributed by atoms with Gasteiger partial charge in [-0.05, 0) is 0 Å². The zero-order chi connectivity index (χ0) is 9.40. The van der Waals surface area contributed by atoms with Crippen LogP contribution in [0.2, 0.25) is 12.1 Å². The second kappa shape index (κ2) is 7.77. The van der Waals surface area contributed by atoms with Crippen molar-refractivity contribution in [3.05, 3.63) is 0 Å². The maximum atomic E-state index is 5.31. The van der Waals surface area contributed by atoms with Crippen molar-refractivity contribution in [1.29, 1.82) is 0 Å². The molecule has 12 heavy (non-hydrogen) atoms. The van der Waals surface area contributed by atoms with E-state index in [-0.39, 0.29) is 5.91 Å². The van der Waals surface area contributed by atoms with Crippen LogP contribution < -0.4 is 0 Å². The molecule has 0 aromatic rings. The van der Waals surface area contributed by atoms with E-state index in [1.54, 1.807) is 14.2 Å². The average Bonchev–Trinajstić information content (AvgIpc) is 2.07. The first-order chi connectivity index (χ1) is 5.79. The first kappa shape index (κ1) is 12.1. The maximum Gasteiger partial charge on any atom is 0.137 e. The Labute approximate surface area is 77.9 Å². The van der Waals surface area contributed by atoms with E-state index >= 15 is 0 Å². The minimum absolute atomic E-state index is 0.130. The summed E-state index contributed by atoms with van der Waals surface area (Å²) in [5, 5.41) is 0. The summed E-state index contributed by atoms with van der Waals surface area (Å²) in [6.45, 7) is 4.47. The molecule has 0 heterocycles. The third-order valence-corrected chi connectivity index (χ3v) is 6.12. The van der Waals surface area contributed by atoms with Crippen LogP contribution in [0.15, 0.2) is 0 Å². The zero-order valence-corrected chi connectivity index (χ0v) is 9.95. The van der Waals surface area contributed by atoms with Gasteiger partial charge >= 0.3 is 0 Å². The van der Waals surface area contributed by atoms with Gasteiger partial charge in [0.25, 0.3) is 0 Å². The summed E-state index contributed by atoms with van der Waals surface area (Å²) in [5.74, 6) is 0.130. The Morgan fingerprint density at radius 2 is 1.42 bits per heavy atom. The van der Waals surface area contributed by atoms with Crippen LogP contribution in [0, 0.1) is 0 Å². The van der Waals surface area contributed by atoms with Crippen LogP contribution in [0.25, 0.3) is 0 Å². The largest absolute Gasteiger partial charge is 0.360 e. The monoisotopic (exact) mass is 190 g/mol. The quantitative estimate of drug-likeness (QED) is 0.452. The minimum Gasteiger partial charge on any atom is -0.360 e. The average molecular weight is 190 g/mol. The van der Waals surface area contributed by atoms with E-state index in [1.165, 1.54) is 24.9 Å². The van der Waals surface area contributed by atoms with Gasteiger partial charge in [-0.1, -0.05) is 38.8 Å². The van der Waals surface area contributed by atoms with Crippen LogP contribution in [0.5, 0.6) is 0 Å². The fourth-order valence-electron chi connectivity index (χ4n) is 1.64. The van der Waals surface area contributed by atoms with Crippen molar-refractivity contribution in [2.75, 3.05) is 14.2 Å². The predicted molar refractivity (Wildman–Crippen MR) is 55.2 cm³/mol. The van der Waals surface area contributed by atoms with E-state index < -0.39 is 8.80 Å². The SMILES string of the molecule is CCC[SiH](CCC)C(OC)OC. The summed E-state index contributed by atoms with van der Waals surface area (Å²) in [7, 11) is 2.71. The number of methoxy groups -OCH3 is 2. The van der Waals surface area contributed by atoms with Crippen LogP contribution >= 0.6 is 0 Å². The fraction of sp³-hybridized carbons (Fsp3) is 1.00. The standard InChI is InChI=1S/C9H22O2Si/c1-5-7-12(8-6-2)9(10-3)11-4/h9,12H,5-8H2,1-4H3. The molecule has 0 aromatic heterocycles. The Balaban J connectivity index is 3.86. The second-order valence-electron chi connectivity index (χ2n) is 3.18. The van der Waals surface area contributed by atoms with Crippen LogP contribution in [-0.4, -0.2) is 28.9 Å². The van der Waals surface area contributed by atoms with Gasteiger partial charge in [-0.25, -0.2) is 0 Å². The topological polar surface area (TPSA) is 18.5 Å². The Morgan fingerprint density at radius 3 is 1.67 bits per heavy atom. The molecular weight excluding hydrogens is 168 g/mol. The predicted octanol–water partition coefficient (Wildman–Crippen LogP) is 2.19. The summed E-state index contributed by atoms with van der Waals surface area (Å²) in [6, 6.07) is 2.67. The summed E-state index contributed by atoms with van der Waals surface area (Å²) in [4.78, 5) is 0. The Hall–Kier alpha value is 0.137. The molecule has 0 saturated carbocycles. The van der Waals surface area contributed by atoms with E-state index in [0.717, 1.165) is 0 Å². The molecule has 0 fully saturated rings. The third kappa shape index (κ3) is 4.23. The highest BCUT2D eigenvalue weighted by molar-refractivity contribution is 6.59. The Kier molecular flexibility index (Phi) is 7.86. The molecule has 0 saturated heterocycles. The van der Waals surface area contributed by atoms with Crippen molar-refractivity contribution in [2.45, 2.75) is 44.7 Å². The number of ether oxygens (including phenoxy) is 2. The molecule has 0 aliphatic heterocycles. The first-order valence-corrected chi connectivity index (χ1v) is 7.15. The summed E-state index contributed by atoms with van der Waals surface area (Å²) in [5.41, 5.74) is 0. The summed E-state index contributed by atoms with van der Waals surface area (Å²) >= 11 is 0. The smallest absolute Gasteiger partial charge is 0.137 e. The maximum absolute atomic E-state index is 5.31. The first-order valence-electron chi connectivity index (χ1n) is 4.85. The molecule has 0 rings (SSSR count). The molecule has 0 amide bonds. The van der Waals surface area contributed by atoms with E-state index in [0.29, 0.717) is 0 Å². The second-order valence-corrected chi connectivity index (χ2v) is 6.40. The zero-order valence-electron chi connectivity index (χ0n) is 8.80.